The average Bonchev–Trinajstić information content (AvgIpc) is 3.05. The molecule has 0 radical (unpaired) electrons. The molecule has 1 N–H and O–H groups in total. The SMILES string of the molecule is O=C(NCC1(CCBr)CC1)C1CSc2ccccc21. The molecule has 1 aliphatic heterocycles. The summed E-state index contributed by atoms with van der Waals surface area (Å²) in [5.41, 5.74) is 1.60. The summed E-state index contributed by atoms with van der Waals surface area (Å²) < 4.78 is 0. The van der Waals surface area contributed by atoms with E-state index in [0.29, 0.717) is 5.41 Å². The largest absolute Gasteiger partial charge is 0.355 e. The molecule has 1 unspecified atom stereocenters. The number of carbonyl (C=O) groups is 1. The van der Waals surface area contributed by atoms with Gasteiger partial charge in [-0.25, -0.2) is 0 Å². The van der Waals surface area contributed by atoms with Gasteiger partial charge in [0.2, 0.25) is 5.91 Å². The van der Waals surface area contributed by atoms with Gasteiger partial charge in [-0.15, -0.1) is 11.8 Å². The molecule has 0 spiro atoms. The standard InChI is InChI=1S/C15H18BrNOS/c16-8-7-15(5-6-15)10-17-14(18)12-9-19-13-4-2-1-3-11(12)13/h1-4,12H,5-10H2,(H,17,18). The molecule has 102 valence electrons. The second-order valence-corrected chi connectivity index (χ2v) is 7.41. The zero-order chi connectivity index (χ0) is 13.3. The van der Waals surface area contributed by atoms with Crippen LogP contribution < -0.4 is 5.32 Å². The van der Waals surface area contributed by atoms with E-state index >= 15 is 0 Å². The van der Waals surface area contributed by atoms with Crippen molar-refractivity contribution in [1.29, 1.82) is 0 Å². The van der Waals surface area contributed by atoms with E-state index < -0.39 is 0 Å². The molecule has 1 aromatic rings. The van der Waals surface area contributed by atoms with E-state index in [4.69, 9.17) is 0 Å². The topological polar surface area (TPSA) is 29.1 Å². The molecule has 3 rings (SSSR count). The van der Waals surface area contributed by atoms with E-state index in [9.17, 15) is 4.79 Å². The Morgan fingerprint density at radius 2 is 2.21 bits per heavy atom. The average molecular weight is 340 g/mol. The number of benzene rings is 1. The summed E-state index contributed by atoms with van der Waals surface area (Å²) in [5, 5.41) is 4.21. The summed E-state index contributed by atoms with van der Waals surface area (Å²) >= 11 is 5.30. The van der Waals surface area contributed by atoms with E-state index in [1.165, 1.54) is 29.7 Å². The molecule has 1 atom stereocenters. The summed E-state index contributed by atoms with van der Waals surface area (Å²) in [6, 6.07) is 8.27. The Morgan fingerprint density at radius 1 is 1.42 bits per heavy atom. The van der Waals surface area contributed by atoms with Crippen LogP contribution in [0.3, 0.4) is 0 Å². The van der Waals surface area contributed by atoms with Gasteiger partial charge in [-0.05, 0) is 36.3 Å². The van der Waals surface area contributed by atoms with Gasteiger partial charge < -0.3 is 5.32 Å². The van der Waals surface area contributed by atoms with Crippen molar-refractivity contribution in [2.24, 2.45) is 5.41 Å². The fourth-order valence-corrected chi connectivity index (χ4v) is 4.74. The molecule has 1 heterocycles. The quantitative estimate of drug-likeness (QED) is 0.831. The molecule has 0 aromatic heterocycles. The van der Waals surface area contributed by atoms with Crippen LogP contribution in [-0.2, 0) is 4.79 Å². The van der Waals surface area contributed by atoms with E-state index in [1.807, 2.05) is 12.1 Å². The van der Waals surface area contributed by atoms with Crippen molar-refractivity contribution in [2.45, 2.75) is 30.1 Å². The number of hydrogen-bond acceptors (Lipinski definition) is 2. The highest BCUT2D eigenvalue weighted by Gasteiger charge is 2.42. The maximum absolute atomic E-state index is 12.4. The minimum absolute atomic E-state index is 0.0426. The van der Waals surface area contributed by atoms with Gasteiger partial charge in [0.25, 0.3) is 0 Å². The highest BCUT2D eigenvalue weighted by Crippen LogP contribution is 2.48. The predicted molar refractivity (Wildman–Crippen MR) is 83.0 cm³/mol. The summed E-state index contributed by atoms with van der Waals surface area (Å²) in [4.78, 5) is 13.6. The number of halogens is 1. The number of hydrogen-bond donors (Lipinski definition) is 1. The van der Waals surface area contributed by atoms with Crippen LogP contribution in [-0.4, -0.2) is 23.5 Å². The Labute approximate surface area is 126 Å². The summed E-state index contributed by atoms with van der Waals surface area (Å²) in [6.45, 7) is 0.848. The van der Waals surface area contributed by atoms with Crippen LogP contribution in [0.4, 0.5) is 0 Å². The van der Waals surface area contributed by atoms with Crippen LogP contribution in [0.15, 0.2) is 29.2 Å². The lowest BCUT2D eigenvalue weighted by molar-refractivity contribution is -0.122. The monoisotopic (exact) mass is 339 g/mol. The lowest BCUT2D eigenvalue weighted by Gasteiger charge is -2.17. The van der Waals surface area contributed by atoms with Gasteiger partial charge in [0.1, 0.15) is 0 Å². The lowest BCUT2D eigenvalue weighted by Crippen LogP contribution is -2.34. The zero-order valence-corrected chi connectivity index (χ0v) is 13.2. The first-order valence-corrected chi connectivity index (χ1v) is 8.90. The van der Waals surface area contributed by atoms with Gasteiger partial charge in [0.05, 0.1) is 5.92 Å². The predicted octanol–water partition coefficient (Wildman–Crippen LogP) is 3.56. The minimum atomic E-state index is 0.0426. The molecule has 0 saturated heterocycles. The number of amides is 1. The molecule has 19 heavy (non-hydrogen) atoms. The summed E-state index contributed by atoms with van der Waals surface area (Å²) in [5.74, 6) is 1.13. The molecular formula is C15H18BrNOS. The molecule has 0 bridgehead atoms. The molecule has 2 nitrogen and oxygen atoms in total. The molecule has 1 amide bonds. The van der Waals surface area contributed by atoms with Crippen molar-refractivity contribution in [3.05, 3.63) is 29.8 Å². The maximum Gasteiger partial charge on any atom is 0.228 e. The first-order chi connectivity index (χ1) is 9.24. The van der Waals surface area contributed by atoms with E-state index in [2.05, 4.69) is 33.4 Å². The molecule has 1 saturated carbocycles. The molecule has 1 aliphatic carbocycles. The number of alkyl halides is 1. The Balaban J connectivity index is 1.60. The second-order valence-electron chi connectivity index (χ2n) is 5.56. The molecule has 4 heteroatoms. The first-order valence-electron chi connectivity index (χ1n) is 6.79. The lowest BCUT2D eigenvalue weighted by atomic mass is 9.99. The number of carbonyl (C=O) groups excluding carboxylic acids is 1. The van der Waals surface area contributed by atoms with Crippen LogP contribution in [0.25, 0.3) is 0 Å². The highest BCUT2D eigenvalue weighted by molar-refractivity contribution is 9.09. The van der Waals surface area contributed by atoms with E-state index in [1.54, 1.807) is 11.8 Å². The third-order valence-electron chi connectivity index (χ3n) is 4.24. The molecule has 1 fully saturated rings. The van der Waals surface area contributed by atoms with Gasteiger partial charge in [0.15, 0.2) is 0 Å². The van der Waals surface area contributed by atoms with Gasteiger partial charge in [-0.1, -0.05) is 34.1 Å². The van der Waals surface area contributed by atoms with Crippen molar-refractivity contribution in [3.8, 4) is 0 Å². The summed E-state index contributed by atoms with van der Waals surface area (Å²) in [6.07, 6.45) is 3.69. The fraction of sp³-hybridized carbons (Fsp3) is 0.533. The van der Waals surface area contributed by atoms with Crippen molar-refractivity contribution < 1.29 is 4.79 Å². The number of rotatable bonds is 5. The van der Waals surface area contributed by atoms with Gasteiger partial charge >= 0.3 is 0 Å². The fourth-order valence-electron chi connectivity index (χ4n) is 2.67. The van der Waals surface area contributed by atoms with Crippen molar-refractivity contribution in [3.63, 3.8) is 0 Å². The second kappa shape index (κ2) is 5.49. The van der Waals surface area contributed by atoms with Crippen molar-refractivity contribution in [1.82, 2.24) is 5.32 Å². The number of nitrogens with one attached hydrogen (secondary N) is 1. The van der Waals surface area contributed by atoms with Crippen LogP contribution in [0.2, 0.25) is 0 Å². The first kappa shape index (κ1) is 13.5. The van der Waals surface area contributed by atoms with Gasteiger partial charge in [-0.3, -0.25) is 4.79 Å². The number of thioether (sulfide) groups is 1. The van der Waals surface area contributed by atoms with Gasteiger partial charge in [-0.2, -0.15) is 0 Å². The van der Waals surface area contributed by atoms with Crippen molar-refractivity contribution in [2.75, 3.05) is 17.6 Å². The smallest absolute Gasteiger partial charge is 0.228 e. The van der Waals surface area contributed by atoms with Gasteiger partial charge in [0, 0.05) is 22.5 Å². The zero-order valence-electron chi connectivity index (χ0n) is 10.8. The molecule has 2 aliphatic rings. The third kappa shape index (κ3) is 2.84. The molecule has 1 aromatic carbocycles. The Kier molecular flexibility index (Phi) is 3.90. The van der Waals surface area contributed by atoms with Crippen LogP contribution in [0.5, 0.6) is 0 Å². The van der Waals surface area contributed by atoms with Crippen LogP contribution in [0, 0.1) is 5.41 Å². The van der Waals surface area contributed by atoms with E-state index in [0.717, 1.165) is 17.6 Å². The summed E-state index contributed by atoms with van der Waals surface area (Å²) in [7, 11) is 0. The third-order valence-corrected chi connectivity index (χ3v) is 5.82. The normalized spacial score (nSPS) is 22.9. The Bertz CT molecular complexity index is 487. The maximum atomic E-state index is 12.4. The highest BCUT2D eigenvalue weighted by atomic mass is 79.9. The van der Waals surface area contributed by atoms with Crippen LogP contribution >= 0.6 is 27.7 Å². The number of fused-ring (bicyclic) bond motifs is 1. The van der Waals surface area contributed by atoms with E-state index in [-0.39, 0.29) is 11.8 Å². The minimum Gasteiger partial charge on any atom is -0.355 e. The van der Waals surface area contributed by atoms with Crippen molar-refractivity contribution >= 4 is 33.6 Å². The van der Waals surface area contributed by atoms with Crippen LogP contribution in [0.1, 0.15) is 30.7 Å². The molecular weight excluding hydrogens is 322 g/mol. The Hall–Kier alpha value is -0.480. The Morgan fingerprint density at radius 3 is 2.95 bits per heavy atom.